The van der Waals surface area contributed by atoms with Crippen LogP contribution < -0.4 is 0 Å². The molecule has 1 saturated carbocycles. The molecule has 1 aliphatic rings. The van der Waals surface area contributed by atoms with Crippen LogP contribution in [0.5, 0.6) is 0 Å². The van der Waals surface area contributed by atoms with Crippen molar-refractivity contribution in [3.8, 4) is 0 Å². The Kier molecular flexibility index (Phi) is 3.59. The third-order valence-corrected chi connectivity index (χ3v) is 3.55. The van der Waals surface area contributed by atoms with Gasteiger partial charge in [-0.3, -0.25) is 0 Å². The van der Waals surface area contributed by atoms with E-state index in [4.69, 9.17) is 0 Å². The molecule has 0 amide bonds. The minimum Gasteiger partial charge on any atom is -0.393 e. The molecular weight excluding hydrogens is 174 g/mol. The van der Waals surface area contributed by atoms with Crippen molar-refractivity contribution in [2.75, 3.05) is 20.6 Å². The second-order valence-corrected chi connectivity index (χ2v) is 5.97. The van der Waals surface area contributed by atoms with Gasteiger partial charge in [0.05, 0.1) is 6.10 Å². The Balaban J connectivity index is 2.69. The Morgan fingerprint density at radius 2 is 1.93 bits per heavy atom. The number of rotatable bonds is 2. The summed E-state index contributed by atoms with van der Waals surface area (Å²) in [7, 11) is 4.17. The highest BCUT2D eigenvalue weighted by atomic mass is 16.3. The number of hydrogen-bond donors (Lipinski definition) is 1. The summed E-state index contributed by atoms with van der Waals surface area (Å²) in [6, 6.07) is 0. The summed E-state index contributed by atoms with van der Waals surface area (Å²) in [5.74, 6) is 1.09. The van der Waals surface area contributed by atoms with E-state index in [-0.39, 0.29) is 11.5 Å². The van der Waals surface area contributed by atoms with Crippen molar-refractivity contribution < 1.29 is 5.11 Å². The maximum atomic E-state index is 10.1. The van der Waals surface area contributed by atoms with Gasteiger partial charge in [0.25, 0.3) is 0 Å². The predicted molar refractivity (Wildman–Crippen MR) is 60.2 cm³/mol. The molecule has 1 aliphatic carbocycles. The van der Waals surface area contributed by atoms with Gasteiger partial charge in [-0.2, -0.15) is 0 Å². The largest absolute Gasteiger partial charge is 0.393 e. The predicted octanol–water partition coefficient (Wildman–Crippen LogP) is 1.98. The normalized spacial score (nSPS) is 37.5. The van der Waals surface area contributed by atoms with Crippen LogP contribution in [0.4, 0.5) is 0 Å². The molecule has 0 saturated heterocycles. The molecule has 0 aliphatic heterocycles. The van der Waals surface area contributed by atoms with Crippen molar-refractivity contribution in [1.82, 2.24) is 4.90 Å². The molecule has 0 aromatic carbocycles. The molecule has 14 heavy (non-hydrogen) atoms. The third kappa shape index (κ3) is 2.71. The minimum absolute atomic E-state index is 0.115. The van der Waals surface area contributed by atoms with Crippen molar-refractivity contribution in [1.29, 1.82) is 0 Å². The molecular formula is C12H25NO. The Labute approximate surface area is 88.3 Å². The van der Waals surface area contributed by atoms with Crippen molar-refractivity contribution in [2.24, 2.45) is 17.3 Å². The van der Waals surface area contributed by atoms with Crippen LogP contribution in [0.1, 0.15) is 33.6 Å². The van der Waals surface area contributed by atoms with E-state index in [0.29, 0.717) is 11.8 Å². The van der Waals surface area contributed by atoms with Crippen molar-refractivity contribution in [3.63, 3.8) is 0 Å². The van der Waals surface area contributed by atoms with Gasteiger partial charge in [-0.1, -0.05) is 20.8 Å². The Hall–Kier alpha value is -0.0800. The molecule has 0 radical (unpaired) electrons. The zero-order valence-corrected chi connectivity index (χ0v) is 10.2. The van der Waals surface area contributed by atoms with E-state index in [1.165, 1.54) is 6.42 Å². The van der Waals surface area contributed by atoms with Crippen molar-refractivity contribution in [3.05, 3.63) is 0 Å². The zero-order valence-electron chi connectivity index (χ0n) is 10.2. The standard InChI is InChI=1S/C12H25NO/c1-9-6-11(14)10(8-13(4)5)12(2,3)7-9/h9-11,14H,6-8H2,1-5H3/t9-,10+,11-/m1/s1. The van der Waals surface area contributed by atoms with Crippen LogP contribution >= 0.6 is 0 Å². The summed E-state index contributed by atoms with van der Waals surface area (Å²) in [4.78, 5) is 2.19. The molecule has 3 atom stereocenters. The van der Waals surface area contributed by atoms with Crippen LogP contribution in [0.15, 0.2) is 0 Å². The number of aliphatic hydroxyl groups is 1. The SMILES string of the molecule is C[C@@H]1C[C@@H](O)[C@H](CN(C)C)C(C)(C)C1. The fourth-order valence-electron chi connectivity index (χ4n) is 2.99. The fourth-order valence-corrected chi connectivity index (χ4v) is 2.99. The molecule has 0 heterocycles. The van der Waals surface area contributed by atoms with Crippen LogP contribution in [0.2, 0.25) is 0 Å². The first-order chi connectivity index (χ1) is 6.33. The van der Waals surface area contributed by atoms with E-state index in [9.17, 15) is 5.11 Å². The van der Waals surface area contributed by atoms with Crippen molar-refractivity contribution in [2.45, 2.75) is 39.7 Å². The van der Waals surface area contributed by atoms with Gasteiger partial charge in [-0.15, -0.1) is 0 Å². The second-order valence-electron chi connectivity index (χ2n) is 5.97. The first kappa shape index (κ1) is 12.0. The van der Waals surface area contributed by atoms with Gasteiger partial charge in [-0.05, 0) is 38.3 Å². The molecule has 2 heteroatoms. The maximum Gasteiger partial charge on any atom is 0.0588 e. The molecule has 0 unspecified atom stereocenters. The number of hydrogen-bond acceptors (Lipinski definition) is 2. The van der Waals surface area contributed by atoms with Gasteiger partial charge in [0, 0.05) is 12.5 Å². The highest BCUT2D eigenvalue weighted by Crippen LogP contribution is 2.43. The summed E-state index contributed by atoms with van der Waals surface area (Å²) < 4.78 is 0. The molecule has 0 spiro atoms. The topological polar surface area (TPSA) is 23.5 Å². The second kappa shape index (κ2) is 4.19. The number of nitrogens with zero attached hydrogens (tertiary/aromatic N) is 1. The highest BCUT2D eigenvalue weighted by molar-refractivity contribution is 4.91. The van der Waals surface area contributed by atoms with Gasteiger partial charge in [0.15, 0.2) is 0 Å². The molecule has 0 aromatic heterocycles. The maximum absolute atomic E-state index is 10.1. The Bertz CT molecular complexity index is 189. The van der Waals surface area contributed by atoms with Gasteiger partial charge in [0.2, 0.25) is 0 Å². The summed E-state index contributed by atoms with van der Waals surface area (Å²) in [6.45, 7) is 7.83. The highest BCUT2D eigenvalue weighted by Gasteiger charge is 2.40. The number of aliphatic hydroxyl groups excluding tert-OH is 1. The van der Waals surface area contributed by atoms with Gasteiger partial charge in [0.1, 0.15) is 0 Å². The minimum atomic E-state index is -0.115. The Morgan fingerprint density at radius 3 is 2.36 bits per heavy atom. The lowest BCUT2D eigenvalue weighted by Gasteiger charge is -2.45. The third-order valence-electron chi connectivity index (χ3n) is 3.55. The fraction of sp³-hybridized carbons (Fsp3) is 1.00. The zero-order chi connectivity index (χ0) is 10.9. The summed E-state index contributed by atoms with van der Waals surface area (Å²) in [5, 5.41) is 10.1. The first-order valence-electron chi connectivity index (χ1n) is 5.65. The smallest absolute Gasteiger partial charge is 0.0588 e. The lowest BCUT2D eigenvalue weighted by molar-refractivity contribution is -0.0404. The van der Waals surface area contributed by atoms with Crippen LogP contribution in [-0.4, -0.2) is 36.8 Å². The molecule has 1 N–H and O–H groups in total. The van der Waals surface area contributed by atoms with Gasteiger partial charge in [-0.25, -0.2) is 0 Å². The lowest BCUT2D eigenvalue weighted by atomic mass is 9.64. The van der Waals surface area contributed by atoms with E-state index in [2.05, 4.69) is 39.8 Å². The van der Waals surface area contributed by atoms with E-state index in [1.807, 2.05) is 0 Å². The summed E-state index contributed by atoms with van der Waals surface area (Å²) in [5.41, 5.74) is 0.279. The van der Waals surface area contributed by atoms with E-state index in [1.54, 1.807) is 0 Å². The quantitative estimate of drug-likeness (QED) is 0.735. The lowest BCUT2D eigenvalue weighted by Crippen LogP contribution is -2.46. The molecule has 2 nitrogen and oxygen atoms in total. The summed E-state index contributed by atoms with van der Waals surface area (Å²) >= 11 is 0. The first-order valence-corrected chi connectivity index (χ1v) is 5.65. The molecule has 0 bridgehead atoms. The Morgan fingerprint density at radius 1 is 1.36 bits per heavy atom. The van der Waals surface area contributed by atoms with E-state index < -0.39 is 0 Å². The van der Waals surface area contributed by atoms with Crippen molar-refractivity contribution >= 4 is 0 Å². The van der Waals surface area contributed by atoms with Crippen LogP contribution in [0, 0.1) is 17.3 Å². The molecule has 1 fully saturated rings. The average molecular weight is 199 g/mol. The molecule has 1 rings (SSSR count). The van der Waals surface area contributed by atoms with E-state index >= 15 is 0 Å². The average Bonchev–Trinajstić information content (AvgIpc) is 1.95. The monoisotopic (exact) mass is 199 g/mol. The van der Waals surface area contributed by atoms with Crippen LogP contribution in [-0.2, 0) is 0 Å². The molecule has 0 aromatic rings. The van der Waals surface area contributed by atoms with Gasteiger partial charge >= 0.3 is 0 Å². The van der Waals surface area contributed by atoms with Gasteiger partial charge < -0.3 is 10.0 Å². The summed E-state index contributed by atoms with van der Waals surface area (Å²) in [6.07, 6.45) is 2.10. The van der Waals surface area contributed by atoms with Crippen LogP contribution in [0.3, 0.4) is 0 Å². The van der Waals surface area contributed by atoms with E-state index in [0.717, 1.165) is 13.0 Å². The molecule has 84 valence electrons. The van der Waals surface area contributed by atoms with Crippen LogP contribution in [0.25, 0.3) is 0 Å².